The number of allylic oxidation sites excluding steroid dienone is 5. The number of esters is 1. The molecule has 80 heavy (non-hydrogen) atoms. The quantitative estimate of drug-likeness (QED) is 0.0212. The van der Waals surface area contributed by atoms with Gasteiger partial charge in [-0.2, -0.15) is 0 Å². The Labute approximate surface area is 497 Å². The number of hydrogen-bond acceptors (Lipinski definition) is 7. The zero-order valence-corrected chi connectivity index (χ0v) is 54.9. The van der Waals surface area contributed by atoms with Crippen LogP contribution in [0.5, 0.6) is 0 Å². The summed E-state index contributed by atoms with van der Waals surface area (Å²) in [7, 11) is 1.20. The van der Waals surface area contributed by atoms with Crippen molar-refractivity contribution in [1.82, 2.24) is 5.32 Å². The number of ether oxygens (including phenoxy) is 1. The Hall–Kier alpha value is -1.77. The standard InChI is InChI=1S/C70H135N2O7P/c1-7-10-13-16-19-22-25-28-30-32-34-35-36-37-39-40-42-44-47-50-53-56-59-62-69(73)71-67(66-78-80(75,76)77-65-64-72(4,5)6)68(61-58-55-52-49-46-27-24-21-18-15-12-9-3)79-70(74)63-60-57-54-51-48-45-43-41-38-33-31-29-26-23-20-17-14-11-8-2/h19,22,28,30,58,61,67-68H,7-18,20-21,23-27,29,31-57,59-60,62-66H2,1-6H3,(H-,71,73,75,76)/b22-19-,30-28-,61-58+. The minimum atomic E-state index is -4.70. The molecular formula is C70H135N2O7P. The second-order valence-corrected chi connectivity index (χ2v) is 26.5. The van der Waals surface area contributed by atoms with Crippen molar-refractivity contribution in [3.8, 4) is 0 Å². The van der Waals surface area contributed by atoms with Crippen LogP contribution in [0, 0.1) is 0 Å². The van der Waals surface area contributed by atoms with Gasteiger partial charge in [0.2, 0.25) is 5.91 Å². The summed E-state index contributed by atoms with van der Waals surface area (Å²) in [6.07, 6.45) is 74.0. The third kappa shape index (κ3) is 60.8. The largest absolute Gasteiger partial charge is 0.756 e. The number of rotatable bonds is 64. The predicted octanol–water partition coefficient (Wildman–Crippen LogP) is 21.2. The van der Waals surface area contributed by atoms with Gasteiger partial charge in [0.25, 0.3) is 7.82 Å². The van der Waals surface area contributed by atoms with Crippen molar-refractivity contribution >= 4 is 19.7 Å². The van der Waals surface area contributed by atoms with Gasteiger partial charge in [-0.05, 0) is 63.9 Å². The first kappa shape index (κ1) is 78.2. The number of nitrogens with zero attached hydrogens (tertiary/aromatic N) is 1. The van der Waals surface area contributed by atoms with Gasteiger partial charge in [0.1, 0.15) is 19.3 Å². The molecular weight excluding hydrogens is 1010 g/mol. The number of unbranched alkanes of at least 4 members (excludes halogenated alkanes) is 44. The molecule has 0 rings (SSSR count). The summed E-state index contributed by atoms with van der Waals surface area (Å²) in [5.41, 5.74) is 0. The van der Waals surface area contributed by atoms with E-state index in [1.54, 1.807) is 0 Å². The Morgan fingerprint density at radius 2 is 0.762 bits per heavy atom. The Bertz CT molecular complexity index is 1460. The first-order valence-corrected chi connectivity index (χ1v) is 36.3. The number of likely N-dealkylation sites (N-methyl/N-ethyl adjacent to an activating group) is 1. The fourth-order valence-corrected chi connectivity index (χ4v) is 11.2. The molecule has 0 fully saturated rings. The molecule has 0 heterocycles. The Balaban J connectivity index is 5.07. The van der Waals surface area contributed by atoms with Crippen molar-refractivity contribution in [3.63, 3.8) is 0 Å². The van der Waals surface area contributed by atoms with Crippen LogP contribution in [0.4, 0.5) is 0 Å². The van der Waals surface area contributed by atoms with E-state index in [4.69, 9.17) is 13.8 Å². The molecule has 9 nitrogen and oxygen atoms in total. The molecule has 0 spiro atoms. The Kier molecular flexibility index (Phi) is 59.0. The van der Waals surface area contributed by atoms with Crippen LogP contribution >= 0.6 is 7.82 Å². The smallest absolute Gasteiger partial charge is 0.306 e. The highest BCUT2D eigenvalue weighted by atomic mass is 31.2. The molecule has 0 aromatic carbocycles. The number of hydrogen-bond donors (Lipinski definition) is 1. The third-order valence-corrected chi connectivity index (χ3v) is 16.8. The van der Waals surface area contributed by atoms with Crippen LogP contribution in [-0.4, -0.2) is 69.4 Å². The van der Waals surface area contributed by atoms with Crippen molar-refractivity contribution in [1.29, 1.82) is 0 Å². The van der Waals surface area contributed by atoms with E-state index in [0.29, 0.717) is 17.4 Å². The molecule has 0 bridgehead atoms. The normalized spacial score (nSPS) is 13.7. The van der Waals surface area contributed by atoms with Crippen LogP contribution in [0.2, 0.25) is 0 Å². The average Bonchev–Trinajstić information content (AvgIpc) is 3.42. The van der Waals surface area contributed by atoms with Gasteiger partial charge in [-0.25, -0.2) is 0 Å². The lowest BCUT2D eigenvalue weighted by Gasteiger charge is -2.30. The third-order valence-electron chi connectivity index (χ3n) is 15.8. The van der Waals surface area contributed by atoms with Crippen LogP contribution < -0.4 is 10.2 Å². The highest BCUT2D eigenvalue weighted by molar-refractivity contribution is 7.45. The first-order chi connectivity index (χ1) is 38.9. The fraction of sp³-hybridized carbons (Fsp3) is 0.886. The van der Waals surface area contributed by atoms with Crippen LogP contribution in [-0.2, 0) is 27.9 Å². The molecule has 3 atom stereocenters. The monoisotopic (exact) mass is 1150 g/mol. The molecule has 472 valence electrons. The molecule has 0 aromatic heterocycles. The van der Waals surface area contributed by atoms with Crippen molar-refractivity contribution in [2.75, 3.05) is 40.9 Å². The molecule has 10 heteroatoms. The zero-order chi connectivity index (χ0) is 58.6. The number of nitrogens with one attached hydrogen (secondary N) is 1. The first-order valence-electron chi connectivity index (χ1n) is 34.8. The topological polar surface area (TPSA) is 114 Å². The van der Waals surface area contributed by atoms with Gasteiger partial charge in [-0.15, -0.1) is 0 Å². The molecule has 0 aliphatic heterocycles. The van der Waals surface area contributed by atoms with E-state index in [1.807, 2.05) is 33.3 Å². The Morgan fingerprint density at radius 1 is 0.438 bits per heavy atom. The lowest BCUT2D eigenvalue weighted by molar-refractivity contribution is -0.870. The highest BCUT2D eigenvalue weighted by Crippen LogP contribution is 2.38. The summed E-state index contributed by atoms with van der Waals surface area (Å²) in [4.78, 5) is 40.1. The summed E-state index contributed by atoms with van der Waals surface area (Å²) in [6.45, 7) is 6.88. The number of quaternary nitrogens is 1. The minimum Gasteiger partial charge on any atom is -0.756 e. The second kappa shape index (κ2) is 60.4. The maximum atomic E-state index is 13.6. The van der Waals surface area contributed by atoms with E-state index < -0.39 is 20.0 Å². The molecule has 1 amide bonds. The summed E-state index contributed by atoms with van der Waals surface area (Å²) < 4.78 is 30.4. The van der Waals surface area contributed by atoms with Gasteiger partial charge in [-0.3, -0.25) is 14.2 Å². The minimum absolute atomic E-state index is 0.0194. The van der Waals surface area contributed by atoms with Crippen molar-refractivity contribution in [3.05, 3.63) is 36.5 Å². The molecule has 0 aliphatic carbocycles. The predicted molar refractivity (Wildman–Crippen MR) is 344 cm³/mol. The van der Waals surface area contributed by atoms with Crippen LogP contribution in [0.1, 0.15) is 348 Å². The van der Waals surface area contributed by atoms with Crippen LogP contribution in [0.3, 0.4) is 0 Å². The molecule has 0 saturated carbocycles. The Morgan fingerprint density at radius 3 is 1.15 bits per heavy atom. The van der Waals surface area contributed by atoms with Crippen LogP contribution in [0.15, 0.2) is 36.5 Å². The van der Waals surface area contributed by atoms with Gasteiger partial charge in [0.05, 0.1) is 33.8 Å². The number of phosphoric ester groups is 1. The van der Waals surface area contributed by atoms with Gasteiger partial charge in [0.15, 0.2) is 0 Å². The van der Waals surface area contributed by atoms with E-state index in [1.165, 1.54) is 250 Å². The van der Waals surface area contributed by atoms with E-state index in [-0.39, 0.29) is 31.5 Å². The number of amides is 1. The molecule has 3 unspecified atom stereocenters. The summed E-state index contributed by atoms with van der Waals surface area (Å²) in [6, 6.07) is -0.885. The molecule has 0 aromatic rings. The second-order valence-electron chi connectivity index (χ2n) is 25.0. The summed E-state index contributed by atoms with van der Waals surface area (Å²) >= 11 is 0. The van der Waals surface area contributed by atoms with Crippen molar-refractivity contribution < 1.29 is 37.3 Å². The maximum absolute atomic E-state index is 13.6. The lowest BCUT2D eigenvalue weighted by Crippen LogP contribution is -2.47. The molecule has 0 aliphatic rings. The van der Waals surface area contributed by atoms with E-state index in [9.17, 15) is 19.0 Å². The van der Waals surface area contributed by atoms with E-state index in [2.05, 4.69) is 50.4 Å². The maximum Gasteiger partial charge on any atom is 0.306 e. The van der Waals surface area contributed by atoms with E-state index >= 15 is 0 Å². The van der Waals surface area contributed by atoms with Gasteiger partial charge >= 0.3 is 5.97 Å². The average molecular weight is 1150 g/mol. The van der Waals surface area contributed by atoms with Crippen molar-refractivity contribution in [2.24, 2.45) is 0 Å². The fourth-order valence-electron chi connectivity index (χ4n) is 10.4. The molecule has 1 N–H and O–H groups in total. The summed E-state index contributed by atoms with van der Waals surface area (Å²) in [5.74, 6) is -0.522. The number of carbonyl (C=O) groups is 2. The summed E-state index contributed by atoms with van der Waals surface area (Å²) in [5, 5.41) is 3.05. The highest BCUT2D eigenvalue weighted by Gasteiger charge is 2.27. The van der Waals surface area contributed by atoms with Crippen molar-refractivity contribution in [2.45, 2.75) is 360 Å². The molecule has 0 saturated heterocycles. The number of phosphoric acid groups is 1. The SMILES string of the molecule is CCCCC/C=C\C/C=C\CCCCCCCCCCCCCCCC(=O)NC(COP(=O)([O-])OCC[N+](C)(C)C)C(/C=C/CCCCCCCCCCCC)OC(=O)CCCCCCCCCCCCCCCCCCCCC. The van der Waals surface area contributed by atoms with Gasteiger partial charge in [0, 0.05) is 12.8 Å². The number of carbonyl (C=O) groups excluding carboxylic acids is 2. The van der Waals surface area contributed by atoms with Gasteiger partial charge in [-0.1, -0.05) is 308 Å². The lowest BCUT2D eigenvalue weighted by atomic mass is 10.0. The molecule has 0 radical (unpaired) electrons. The van der Waals surface area contributed by atoms with Crippen LogP contribution in [0.25, 0.3) is 0 Å². The van der Waals surface area contributed by atoms with Gasteiger partial charge < -0.3 is 28.5 Å². The van der Waals surface area contributed by atoms with E-state index in [0.717, 1.165) is 64.2 Å². The zero-order valence-electron chi connectivity index (χ0n) is 54.1.